The highest BCUT2D eigenvalue weighted by Crippen LogP contribution is 2.21. The van der Waals surface area contributed by atoms with Crippen molar-refractivity contribution in [3.05, 3.63) is 87.6 Å². The number of likely N-dealkylation sites (N-methyl/N-ethyl adjacent to an activating group) is 1. The maximum atomic E-state index is 12.9. The monoisotopic (exact) mass is 457 g/mol. The zero-order valence-electron chi connectivity index (χ0n) is 17.8. The molecule has 0 saturated heterocycles. The predicted molar refractivity (Wildman–Crippen MR) is 125 cm³/mol. The van der Waals surface area contributed by atoms with E-state index in [9.17, 15) is 13.2 Å². The fourth-order valence-electron chi connectivity index (χ4n) is 3.22. The van der Waals surface area contributed by atoms with Crippen molar-refractivity contribution in [2.75, 3.05) is 20.6 Å². The van der Waals surface area contributed by atoms with Crippen LogP contribution in [0.25, 0.3) is 0 Å². The minimum Gasteiger partial charge on any atom is -0.350 e. The van der Waals surface area contributed by atoms with E-state index in [1.54, 1.807) is 24.3 Å². The summed E-state index contributed by atoms with van der Waals surface area (Å²) in [5.41, 5.74) is 3.06. The van der Waals surface area contributed by atoms with Gasteiger partial charge in [-0.15, -0.1) is 0 Å². The van der Waals surface area contributed by atoms with E-state index in [0.29, 0.717) is 12.1 Å². The Morgan fingerprint density at radius 3 is 2.48 bits per heavy atom. The first-order valence-electron chi connectivity index (χ1n) is 9.89. The molecule has 31 heavy (non-hydrogen) atoms. The van der Waals surface area contributed by atoms with Crippen molar-refractivity contribution >= 4 is 27.3 Å². The van der Waals surface area contributed by atoms with Crippen molar-refractivity contribution in [2.24, 2.45) is 0 Å². The van der Waals surface area contributed by atoms with Crippen LogP contribution in [0.2, 0.25) is 0 Å². The summed E-state index contributed by atoms with van der Waals surface area (Å²) in [5, 5.41) is 7.03. The van der Waals surface area contributed by atoms with Gasteiger partial charge in [-0.25, -0.2) is 13.1 Å². The van der Waals surface area contributed by atoms with Gasteiger partial charge in [0.1, 0.15) is 0 Å². The maximum absolute atomic E-state index is 12.9. The molecule has 0 aliphatic carbocycles. The molecule has 0 fully saturated rings. The largest absolute Gasteiger partial charge is 0.350 e. The summed E-state index contributed by atoms with van der Waals surface area (Å²) in [4.78, 5) is 15.0. The van der Waals surface area contributed by atoms with Crippen molar-refractivity contribution < 1.29 is 13.2 Å². The Labute approximate surface area is 188 Å². The number of amides is 1. The summed E-state index contributed by atoms with van der Waals surface area (Å²) in [5.74, 6) is -0.292. The smallest absolute Gasteiger partial charge is 0.251 e. The van der Waals surface area contributed by atoms with Crippen molar-refractivity contribution in [2.45, 2.75) is 24.4 Å². The third kappa shape index (κ3) is 6.01. The SMILES string of the molecule is Cc1ccc(S(=O)(=O)NCc2ccccc2)cc1C(=O)NCC(c1ccsc1)N(C)C. The van der Waals surface area contributed by atoms with Crippen molar-refractivity contribution in [1.29, 1.82) is 0 Å². The molecule has 0 bridgehead atoms. The lowest BCUT2D eigenvalue weighted by molar-refractivity contribution is 0.0941. The Hall–Kier alpha value is -2.52. The summed E-state index contributed by atoms with van der Waals surface area (Å²) in [6.45, 7) is 2.40. The number of hydrogen-bond acceptors (Lipinski definition) is 5. The van der Waals surface area contributed by atoms with Crippen LogP contribution in [0.5, 0.6) is 0 Å². The molecule has 0 saturated carbocycles. The molecule has 8 heteroatoms. The summed E-state index contributed by atoms with van der Waals surface area (Å²) in [6, 6.07) is 16.0. The van der Waals surface area contributed by atoms with Gasteiger partial charge in [-0.2, -0.15) is 11.3 Å². The summed E-state index contributed by atoms with van der Waals surface area (Å²) < 4.78 is 28.1. The highest BCUT2D eigenvalue weighted by atomic mass is 32.2. The first-order chi connectivity index (χ1) is 14.8. The van der Waals surface area contributed by atoms with Crippen LogP contribution in [-0.2, 0) is 16.6 Å². The molecule has 1 aromatic heterocycles. The standard InChI is InChI=1S/C23H27N3O3S2/c1-17-9-10-20(31(28,29)25-14-18-7-5-4-6-8-18)13-21(17)23(27)24-15-22(26(2)3)19-11-12-30-16-19/h4-13,16,22,25H,14-15H2,1-3H3,(H,24,27). The first-order valence-corrected chi connectivity index (χ1v) is 12.3. The predicted octanol–water partition coefficient (Wildman–Crippen LogP) is 3.57. The number of sulfonamides is 1. The molecule has 3 aromatic rings. The quantitative estimate of drug-likeness (QED) is 0.515. The van der Waals surface area contributed by atoms with E-state index in [1.165, 1.54) is 12.1 Å². The molecule has 2 aromatic carbocycles. The molecular weight excluding hydrogens is 430 g/mol. The van der Waals surface area contributed by atoms with Crippen LogP contribution >= 0.6 is 11.3 Å². The second-order valence-electron chi connectivity index (χ2n) is 7.53. The highest BCUT2D eigenvalue weighted by Gasteiger charge is 2.20. The van der Waals surface area contributed by atoms with Gasteiger partial charge in [-0.3, -0.25) is 4.79 Å². The number of nitrogens with zero attached hydrogens (tertiary/aromatic N) is 1. The number of aryl methyl sites for hydroxylation is 1. The summed E-state index contributed by atoms with van der Waals surface area (Å²) in [7, 11) is 0.179. The van der Waals surface area contributed by atoms with Crippen LogP contribution in [0.15, 0.2) is 70.3 Å². The lowest BCUT2D eigenvalue weighted by Crippen LogP contribution is -2.34. The molecule has 1 unspecified atom stereocenters. The van der Waals surface area contributed by atoms with Crippen LogP contribution in [0.4, 0.5) is 0 Å². The number of benzene rings is 2. The number of carbonyl (C=O) groups is 1. The number of thiophene rings is 1. The summed E-state index contributed by atoms with van der Waals surface area (Å²) >= 11 is 1.61. The van der Waals surface area contributed by atoms with E-state index in [0.717, 1.165) is 16.7 Å². The molecule has 1 amide bonds. The van der Waals surface area contributed by atoms with Crippen molar-refractivity contribution in [1.82, 2.24) is 14.9 Å². The van der Waals surface area contributed by atoms with E-state index in [4.69, 9.17) is 0 Å². The van der Waals surface area contributed by atoms with E-state index in [1.807, 2.05) is 60.8 Å². The van der Waals surface area contributed by atoms with Gasteiger partial charge in [0.25, 0.3) is 5.91 Å². The lowest BCUT2D eigenvalue weighted by Gasteiger charge is -2.24. The van der Waals surface area contributed by atoms with Gasteiger partial charge in [0.05, 0.1) is 10.9 Å². The van der Waals surface area contributed by atoms with Gasteiger partial charge < -0.3 is 10.2 Å². The second-order valence-corrected chi connectivity index (χ2v) is 10.1. The third-order valence-electron chi connectivity index (χ3n) is 5.08. The van der Waals surface area contributed by atoms with Crippen LogP contribution in [0.1, 0.15) is 33.1 Å². The van der Waals surface area contributed by atoms with Crippen LogP contribution in [0, 0.1) is 6.92 Å². The van der Waals surface area contributed by atoms with Crippen molar-refractivity contribution in [3.63, 3.8) is 0 Å². The van der Waals surface area contributed by atoms with E-state index in [2.05, 4.69) is 15.4 Å². The highest BCUT2D eigenvalue weighted by molar-refractivity contribution is 7.89. The van der Waals surface area contributed by atoms with Gasteiger partial charge >= 0.3 is 0 Å². The van der Waals surface area contributed by atoms with E-state index < -0.39 is 10.0 Å². The Kier molecular flexibility index (Phi) is 7.61. The van der Waals surface area contributed by atoms with Gasteiger partial charge in [-0.05, 0) is 66.7 Å². The van der Waals surface area contributed by atoms with Gasteiger partial charge in [0.15, 0.2) is 0 Å². The number of hydrogen-bond donors (Lipinski definition) is 2. The molecule has 0 aliphatic rings. The Morgan fingerprint density at radius 2 is 1.84 bits per heavy atom. The minimum atomic E-state index is -3.75. The third-order valence-corrected chi connectivity index (χ3v) is 7.18. The van der Waals surface area contributed by atoms with Gasteiger partial charge in [0, 0.05) is 18.7 Å². The molecule has 0 aliphatic heterocycles. The average Bonchev–Trinajstić information content (AvgIpc) is 3.27. The van der Waals surface area contributed by atoms with Crippen molar-refractivity contribution in [3.8, 4) is 0 Å². The molecule has 1 heterocycles. The lowest BCUT2D eigenvalue weighted by atomic mass is 10.1. The first kappa shape index (κ1) is 23.1. The molecule has 1 atom stereocenters. The molecule has 2 N–H and O–H groups in total. The fourth-order valence-corrected chi connectivity index (χ4v) is 4.97. The number of nitrogens with one attached hydrogen (secondary N) is 2. The number of carbonyl (C=O) groups excluding carboxylic acids is 1. The fraction of sp³-hybridized carbons (Fsp3) is 0.261. The average molecular weight is 458 g/mol. The molecule has 164 valence electrons. The van der Waals surface area contributed by atoms with Crippen LogP contribution < -0.4 is 10.0 Å². The minimum absolute atomic E-state index is 0.0370. The zero-order valence-corrected chi connectivity index (χ0v) is 19.5. The molecule has 0 spiro atoms. The Morgan fingerprint density at radius 1 is 1.10 bits per heavy atom. The molecule has 3 rings (SSSR count). The second kappa shape index (κ2) is 10.2. The number of rotatable bonds is 9. The van der Waals surface area contributed by atoms with E-state index >= 15 is 0 Å². The van der Waals surface area contributed by atoms with Crippen LogP contribution in [-0.4, -0.2) is 39.9 Å². The Balaban J connectivity index is 1.73. The van der Waals surface area contributed by atoms with Crippen LogP contribution in [0.3, 0.4) is 0 Å². The maximum Gasteiger partial charge on any atom is 0.251 e. The van der Waals surface area contributed by atoms with E-state index in [-0.39, 0.29) is 23.4 Å². The van der Waals surface area contributed by atoms with Gasteiger partial charge in [-0.1, -0.05) is 36.4 Å². The molecule has 0 radical (unpaired) electrons. The topological polar surface area (TPSA) is 78.5 Å². The Bertz CT molecular complexity index is 1110. The van der Waals surface area contributed by atoms with Gasteiger partial charge in [0.2, 0.25) is 10.0 Å². The molecule has 6 nitrogen and oxygen atoms in total. The zero-order chi connectivity index (χ0) is 22.4. The normalized spacial score (nSPS) is 12.6. The summed E-state index contributed by atoms with van der Waals surface area (Å²) in [6.07, 6.45) is 0. The molecular formula is C23H27N3O3S2.